The van der Waals surface area contributed by atoms with Crippen LogP contribution >= 0.6 is 11.6 Å². The van der Waals surface area contributed by atoms with Crippen LogP contribution in [-0.4, -0.2) is 32.9 Å². The fourth-order valence-corrected chi connectivity index (χ4v) is 4.16. The molecule has 2 heterocycles. The van der Waals surface area contributed by atoms with Gasteiger partial charge in [0.2, 0.25) is 0 Å². The van der Waals surface area contributed by atoms with Gasteiger partial charge in [0.15, 0.2) is 0 Å². The molecule has 0 aliphatic heterocycles. The highest BCUT2D eigenvalue weighted by molar-refractivity contribution is 6.31. The Balaban J connectivity index is 1.43. The van der Waals surface area contributed by atoms with Crippen LogP contribution in [0.1, 0.15) is 33.9 Å². The normalized spacial score (nSPS) is 11.7. The molecule has 9 heteroatoms. The van der Waals surface area contributed by atoms with Crippen molar-refractivity contribution in [3.8, 4) is 0 Å². The van der Waals surface area contributed by atoms with Crippen molar-refractivity contribution in [3.05, 3.63) is 129 Å². The minimum Gasteiger partial charge on any atom is -0.480 e. The standard InChI is InChI=1S/C28H26ClN5O3/c29-22-8-9-24(30)23(13-22)25(31)16-33-27(28(36)37)21-12-20(14-32-15-21)11-18-4-6-19(7-5-18)17-34-10-2-1-3-26(34)35/h1-10,12-15,27,31,33H,11,16-17,30H2,(H,36,37). The predicted molar refractivity (Wildman–Crippen MR) is 144 cm³/mol. The molecular weight excluding hydrogens is 490 g/mol. The van der Waals surface area contributed by atoms with E-state index in [-0.39, 0.29) is 17.8 Å². The minimum absolute atomic E-state index is 0.0162. The summed E-state index contributed by atoms with van der Waals surface area (Å²) in [6.07, 6.45) is 5.53. The first-order valence-electron chi connectivity index (χ1n) is 11.6. The zero-order valence-corrected chi connectivity index (χ0v) is 20.7. The number of hydrogen-bond acceptors (Lipinski definition) is 6. The zero-order chi connectivity index (χ0) is 26.4. The van der Waals surface area contributed by atoms with Crippen LogP contribution in [0.5, 0.6) is 0 Å². The largest absolute Gasteiger partial charge is 0.480 e. The fraction of sp³-hybridized carbons (Fsp3) is 0.143. The molecule has 4 aromatic rings. The first kappa shape index (κ1) is 25.8. The van der Waals surface area contributed by atoms with E-state index < -0.39 is 12.0 Å². The number of pyridine rings is 2. The number of carbonyl (C=O) groups is 1. The maximum Gasteiger partial charge on any atom is 0.325 e. The zero-order valence-electron chi connectivity index (χ0n) is 19.9. The van der Waals surface area contributed by atoms with Gasteiger partial charge in [0.05, 0.1) is 12.3 Å². The number of nitrogens with one attached hydrogen (secondary N) is 2. The van der Waals surface area contributed by atoms with E-state index in [1.165, 1.54) is 12.3 Å². The third kappa shape index (κ3) is 6.69. The van der Waals surface area contributed by atoms with Crippen LogP contribution in [0.25, 0.3) is 0 Å². The molecule has 1 atom stereocenters. The summed E-state index contributed by atoms with van der Waals surface area (Å²) in [6, 6.07) is 18.6. The lowest BCUT2D eigenvalue weighted by Crippen LogP contribution is -2.33. The average molecular weight is 516 g/mol. The van der Waals surface area contributed by atoms with Gasteiger partial charge in [-0.15, -0.1) is 0 Å². The summed E-state index contributed by atoms with van der Waals surface area (Å²) in [6.45, 7) is 0.469. The quantitative estimate of drug-likeness (QED) is 0.187. The average Bonchev–Trinajstić information content (AvgIpc) is 2.88. The van der Waals surface area contributed by atoms with Crippen molar-refractivity contribution in [2.45, 2.75) is 19.0 Å². The van der Waals surface area contributed by atoms with Crippen LogP contribution in [0.2, 0.25) is 5.02 Å². The second-order valence-electron chi connectivity index (χ2n) is 8.65. The van der Waals surface area contributed by atoms with Gasteiger partial charge in [-0.05, 0) is 52.9 Å². The SMILES string of the molecule is N=C(CNC(C(=O)O)c1cncc(Cc2ccc(Cn3ccccc3=O)cc2)c1)c1cc(Cl)ccc1N. The van der Waals surface area contributed by atoms with Crippen molar-refractivity contribution >= 4 is 29.0 Å². The highest BCUT2D eigenvalue weighted by Gasteiger charge is 2.21. The van der Waals surface area contributed by atoms with E-state index in [4.69, 9.17) is 22.7 Å². The first-order valence-corrected chi connectivity index (χ1v) is 11.9. The minimum atomic E-state index is -1.08. The summed E-state index contributed by atoms with van der Waals surface area (Å²) in [4.78, 5) is 28.2. The molecule has 0 saturated carbocycles. The molecule has 4 rings (SSSR count). The molecule has 0 bridgehead atoms. The molecule has 2 aromatic heterocycles. The molecule has 8 nitrogen and oxygen atoms in total. The van der Waals surface area contributed by atoms with Crippen LogP contribution in [0.15, 0.2) is 90.1 Å². The number of aliphatic carboxylic acids is 1. The Hall–Kier alpha value is -4.27. The number of nitrogen functional groups attached to an aromatic ring is 1. The lowest BCUT2D eigenvalue weighted by Gasteiger charge is -2.17. The number of nitrogens with zero attached hydrogens (tertiary/aromatic N) is 2. The van der Waals surface area contributed by atoms with Gasteiger partial charge >= 0.3 is 5.97 Å². The number of carboxylic acid groups (broad SMARTS) is 1. The Morgan fingerprint density at radius 2 is 1.81 bits per heavy atom. The predicted octanol–water partition coefficient (Wildman–Crippen LogP) is 3.90. The van der Waals surface area contributed by atoms with E-state index in [1.807, 2.05) is 30.3 Å². The monoisotopic (exact) mass is 515 g/mol. The number of anilines is 1. The molecule has 0 aliphatic rings. The highest BCUT2D eigenvalue weighted by Crippen LogP contribution is 2.20. The second kappa shape index (κ2) is 11.6. The van der Waals surface area contributed by atoms with Crippen LogP contribution in [-0.2, 0) is 17.8 Å². The summed E-state index contributed by atoms with van der Waals surface area (Å²) in [5.74, 6) is -1.08. The van der Waals surface area contributed by atoms with Gasteiger partial charge in [0.1, 0.15) is 6.04 Å². The van der Waals surface area contributed by atoms with Crippen molar-refractivity contribution in [1.82, 2.24) is 14.9 Å². The molecule has 0 aliphatic carbocycles. The molecule has 188 valence electrons. The molecule has 0 radical (unpaired) electrons. The van der Waals surface area contributed by atoms with E-state index in [0.717, 1.165) is 16.7 Å². The maximum atomic E-state index is 12.0. The number of halogens is 1. The maximum absolute atomic E-state index is 12.0. The fourth-order valence-electron chi connectivity index (χ4n) is 3.99. The molecule has 0 fully saturated rings. The Kier molecular flexibility index (Phi) is 8.12. The van der Waals surface area contributed by atoms with Crippen molar-refractivity contribution in [2.24, 2.45) is 0 Å². The molecule has 0 saturated heterocycles. The van der Waals surface area contributed by atoms with Crippen molar-refractivity contribution in [3.63, 3.8) is 0 Å². The molecule has 5 N–H and O–H groups in total. The van der Waals surface area contributed by atoms with Gasteiger partial charge in [-0.3, -0.25) is 19.9 Å². The topological polar surface area (TPSA) is 134 Å². The Morgan fingerprint density at radius 1 is 1.05 bits per heavy atom. The number of rotatable bonds is 10. The third-order valence-electron chi connectivity index (χ3n) is 5.90. The van der Waals surface area contributed by atoms with Crippen LogP contribution in [0.3, 0.4) is 0 Å². The molecule has 0 spiro atoms. The summed E-state index contributed by atoms with van der Waals surface area (Å²) in [5, 5.41) is 21.5. The summed E-state index contributed by atoms with van der Waals surface area (Å²) in [5.41, 5.74) is 10.2. The lowest BCUT2D eigenvalue weighted by atomic mass is 10.0. The number of carboxylic acids is 1. The van der Waals surface area contributed by atoms with E-state index in [1.54, 1.807) is 47.3 Å². The smallest absolute Gasteiger partial charge is 0.325 e. The number of hydrogen-bond donors (Lipinski definition) is 4. The molecule has 0 amide bonds. The summed E-state index contributed by atoms with van der Waals surface area (Å²) >= 11 is 6.02. The molecule has 37 heavy (non-hydrogen) atoms. The molecular formula is C28H26ClN5O3. The van der Waals surface area contributed by atoms with Crippen molar-refractivity contribution in [1.29, 1.82) is 5.41 Å². The summed E-state index contributed by atoms with van der Waals surface area (Å²) in [7, 11) is 0. The van der Waals surface area contributed by atoms with E-state index in [9.17, 15) is 14.7 Å². The van der Waals surface area contributed by atoms with Gasteiger partial charge in [0, 0.05) is 47.5 Å². The Labute approximate surface area is 218 Å². The van der Waals surface area contributed by atoms with Gasteiger partial charge in [-0.2, -0.15) is 0 Å². The van der Waals surface area contributed by atoms with Gasteiger partial charge in [0.25, 0.3) is 5.56 Å². The van der Waals surface area contributed by atoms with Gasteiger partial charge in [-0.1, -0.05) is 48.0 Å². The van der Waals surface area contributed by atoms with Gasteiger partial charge in [-0.25, -0.2) is 0 Å². The number of nitrogens with two attached hydrogens (primary N) is 1. The van der Waals surface area contributed by atoms with Crippen molar-refractivity contribution in [2.75, 3.05) is 12.3 Å². The van der Waals surface area contributed by atoms with E-state index in [2.05, 4.69) is 10.3 Å². The van der Waals surface area contributed by atoms with Crippen LogP contribution in [0.4, 0.5) is 5.69 Å². The highest BCUT2D eigenvalue weighted by atomic mass is 35.5. The Morgan fingerprint density at radius 3 is 2.54 bits per heavy atom. The van der Waals surface area contributed by atoms with Crippen LogP contribution in [0, 0.1) is 5.41 Å². The number of benzene rings is 2. The third-order valence-corrected chi connectivity index (χ3v) is 6.14. The van der Waals surface area contributed by atoms with Crippen LogP contribution < -0.4 is 16.6 Å². The Bertz CT molecular complexity index is 1480. The lowest BCUT2D eigenvalue weighted by molar-refractivity contribution is -0.139. The summed E-state index contributed by atoms with van der Waals surface area (Å²) < 4.78 is 1.64. The van der Waals surface area contributed by atoms with E-state index in [0.29, 0.717) is 34.8 Å². The molecule has 1 unspecified atom stereocenters. The number of aromatic nitrogens is 2. The molecule has 2 aromatic carbocycles. The first-order chi connectivity index (χ1) is 17.8. The van der Waals surface area contributed by atoms with Crippen molar-refractivity contribution < 1.29 is 9.90 Å². The van der Waals surface area contributed by atoms with Gasteiger partial charge < -0.3 is 20.8 Å². The second-order valence-corrected chi connectivity index (χ2v) is 9.09. The van der Waals surface area contributed by atoms with E-state index >= 15 is 0 Å².